The van der Waals surface area contributed by atoms with Gasteiger partial charge in [-0.1, -0.05) is 20.8 Å². The summed E-state index contributed by atoms with van der Waals surface area (Å²) in [6, 6.07) is 2.30. The van der Waals surface area contributed by atoms with Crippen LogP contribution in [-0.4, -0.2) is 52.8 Å². The summed E-state index contributed by atoms with van der Waals surface area (Å²) < 4.78 is 37.4. The fourth-order valence-corrected chi connectivity index (χ4v) is 4.34. The second-order valence-corrected chi connectivity index (χ2v) is 9.62. The number of anilines is 1. The zero-order valence-corrected chi connectivity index (χ0v) is 18.2. The lowest BCUT2D eigenvalue weighted by molar-refractivity contribution is 0.203. The van der Waals surface area contributed by atoms with Crippen LogP contribution in [0.1, 0.15) is 50.4 Å². The molecule has 0 spiro atoms. The van der Waals surface area contributed by atoms with E-state index in [2.05, 4.69) is 30.0 Å². The minimum Gasteiger partial charge on any atom is -0.367 e. The van der Waals surface area contributed by atoms with E-state index in [0.717, 1.165) is 41.4 Å². The number of nitrogens with zero attached hydrogens (tertiary/aromatic N) is 5. The van der Waals surface area contributed by atoms with Crippen molar-refractivity contribution in [2.75, 3.05) is 25.1 Å². The third-order valence-electron chi connectivity index (χ3n) is 4.77. The third kappa shape index (κ3) is 5.64. The van der Waals surface area contributed by atoms with E-state index in [0.29, 0.717) is 25.3 Å². The Hall–Kier alpha value is -2.25. The van der Waals surface area contributed by atoms with Gasteiger partial charge in [-0.15, -0.1) is 5.10 Å². The second-order valence-electron chi connectivity index (χ2n) is 7.64. The number of fused-ring (bicyclic) bond motifs is 1. The van der Waals surface area contributed by atoms with E-state index < -0.39 is 16.2 Å². The maximum Gasteiger partial charge on any atom is 0.238 e. The maximum absolute atomic E-state index is 12.7. The Balaban J connectivity index is 0.000000234. The Morgan fingerprint density at radius 3 is 2.62 bits per heavy atom. The summed E-state index contributed by atoms with van der Waals surface area (Å²) in [5, 5.41) is 13.6. The molecule has 29 heavy (non-hydrogen) atoms. The van der Waals surface area contributed by atoms with Gasteiger partial charge in [-0.3, -0.25) is 0 Å². The van der Waals surface area contributed by atoms with Crippen molar-refractivity contribution < 1.29 is 12.8 Å². The molecule has 1 saturated heterocycles. The number of rotatable bonds is 4. The van der Waals surface area contributed by atoms with Gasteiger partial charge in [0.15, 0.2) is 0 Å². The van der Waals surface area contributed by atoms with Crippen molar-refractivity contribution in [2.24, 2.45) is 5.92 Å². The number of nitrogen functional groups attached to an aromatic ring is 1. The smallest absolute Gasteiger partial charge is 0.238 e. The van der Waals surface area contributed by atoms with Crippen molar-refractivity contribution in [3.63, 3.8) is 0 Å². The largest absolute Gasteiger partial charge is 0.367 e. The van der Waals surface area contributed by atoms with E-state index in [4.69, 9.17) is 5.73 Å². The number of hydrogen-bond acceptors (Lipinski definition) is 6. The molecule has 3 heterocycles. The third-order valence-corrected chi connectivity index (χ3v) is 6.04. The lowest BCUT2D eigenvalue weighted by Crippen LogP contribution is -2.39. The number of halogens is 1. The standard InChI is InChI=1S/C13H17N5.C6H12FNO2S/c1-4-9-10(6-14)11(5-8(2)3)18-12(9)7-16-13(15)17-18;1-11(9,10)8-4-2-3-6(7)5-8/h7-8H,4-5H2,1-3H3,(H2,15,17);6H,2-5H2,1H3. The molecule has 0 saturated carbocycles. The molecule has 3 rings (SSSR count). The van der Waals surface area contributed by atoms with Crippen LogP contribution >= 0.6 is 0 Å². The van der Waals surface area contributed by atoms with Gasteiger partial charge in [0, 0.05) is 13.1 Å². The molecule has 0 radical (unpaired) electrons. The topological polar surface area (TPSA) is 117 Å². The number of alkyl halides is 1. The molecule has 1 aliphatic rings. The lowest BCUT2D eigenvalue weighted by atomic mass is 10.0. The number of sulfonamides is 1. The van der Waals surface area contributed by atoms with Crippen LogP contribution in [0.2, 0.25) is 0 Å². The van der Waals surface area contributed by atoms with Crippen LogP contribution in [0.15, 0.2) is 6.20 Å². The van der Waals surface area contributed by atoms with E-state index in [1.807, 2.05) is 6.92 Å². The first-order valence-electron chi connectivity index (χ1n) is 9.72. The van der Waals surface area contributed by atoms with Crippen LogP contribution in [0.3, 0.4) is 0 Å². The highest BCUT2D eigenvalue weighted by atomic mass is 32.2. The molecule has 0 aromatic carbocycles. The second kappa shape index (κ2) is 9.50. The maximum atomic E-state index is 12.7. The summed E-state index contributed by atoms with van der Waals surface area (Å²) in [6.45, 7) is 6.79. The van der Waals surface area contributed by atoms with Gasteiger partial charge in [0.1, 0.15) is 12.2 Å². The highest BCUT2D eigenvalue weighted by Crippen LogP contribution is 2.25. The number of aryl methyl sites for hydroxylation is 1. The summed E-state index contributed by atoms with van der Waals surface area (Å²) in [4.78, 5) is 4.02. The van der Waals surface area contributed by atoms with E-state index in [1.54, 1.807) is 10.7 Å². The van der Waals surface area contributed by atoms with E-state index in [-0.39, 0.29) is 12.5 Å². The van der Waals surface area contributed by atoms with Crippen molar-refractivity contribution in [3.8, 4) is 6.07 Å². The molecule has 2 N–H and O–H groups in total. The summed E-state index contributed by atoms with van der Waals surface area (Å²) in [5.74, 6) is 0.686. The number of aromatic nitrogens is 3. The first-order valence-corrected chi connectivity index (χ1v) is 11.6. The fourth-order valence-electron chi connectivity index (χ4n) is 3.44. The summed E-state index contributed by atoms with van der Waals surface area (Å²) in [5.41, 5.74) is 9.20. The first kappa shape index (κ1) is 23.0. The molecule has 8 nitrogen and oxygen atoms in total. The first-order chi connectivity index (χ1) is 13.6. The number of hydrogen-bond donors (Lipinski definition) is 1. The number of piperidine rings is 1. The Morgan fingerprint density at radius 2 is 2.14 bits per heavy atom. The van der Waals surface area contributed by atoms with Gasteiger partial charge in [0.25, 0.3) is 0 Å². The molecular weight excluding hydrogens is 395 g/mol. The molecule has 10 heteroatoms. The number of nitriles is 1. The summed E-state index contributed by atoms with van der Waals surface area (Å²) in [6.07, 6.45) is 4.56. The zero-order valence-electron chi connectivity index (χ0n) is 17.4. The van der Waals surface area contributed by atoms with Crippen molar-refractivity contribution in [1.29, 1.82) is 5.26 Å². The SMILES string of the molecule is CCc1c(C#N)c(CC(C)C)n2nc(N)ncc12.CS(=O)(=O)N1CCCC(F)C1. The van der Waals surface area contributed by atoms with E-state index >= 15 is 0 Å². The van der Waals surface area contributed by atoms with Crippen LogP contribution in [0.4, 0.5) is 10.3 Å². The van der Waals surface area contributed by atoms with Gasteiger partial charge in [-0.25, -0.2) is 22.3 Å². The van der Waals surface area contributed by atoms with Gasteiger partial charge >= 0.3 is 0 Å². The Labute approximate surface area is 171 Å². The van der Waals surface area contributed by atoms with Crippen molar-refractivity contribution in [3.05, 3.63) is 23.0 Å². The zero-order chi connectivity index (χ0) is 21.8. The average Bonchev–Trinajstić information content (AvgIpc) is 2.93. The Kier molecular flexibility index (Phi) is 7.54. The van der Waals surface area contributed by atoms with Crippen LogP contribution < -0.4 is 5.73 Å². The minimum absolute atomic E-state index is 0.0405. The molecule has 0 amide bonds. The molecule has 2 aromatic rings. The van der Waals surface area contributed by atoms with E-state index in [1.165, 1.54) is 4.31 Å². The molecule has 2 aromatic heterocycles. The Bertz CT molecular complexity index is 996. The van der Waals surface area contributed by atoms with Crippen molar-refractivity contribution >= 4 is 21.5 Å². The molecule has 1 atom stereocenters. The van der Waals surface area contributed by atoms with Crippen molar-refractivity contribution in [2.45, 2.75) is 52.6 Å². The van der Waals surface area contributed by atoms with Gasteiger partial charge in [0.2, 0.25) is 16.0 Å². The fraction of sp³-hybridized carbons (Fsp3) is 0.632. The van der Waals surface area contributed by atoms with Crippen molar-refractivity contribution in [1.82, 2.24) is 18.9 Å². The van der Waals surface area contributed by atoms with Crippen LogP contribution in [0.25, 0.3) is 5.52 Å². The molecule has 160 valence electrons. The van der Waals surface area contributed by atoms with Crippen LogP contribution in [0.5, 0.6) is 0 Å². The predicted octanol–water partition coefficient (Wildman–Crippen LogP) is 2.32. The predicted molar refractivity (Wildman–Crippen MR) is 111 cm³/mol. The van der Waals surface area contributed by atoms with Gasteiger partial charge < -0.3 is 5.73 Å². The average molecular weight is 425 g/mol. The normalized spacial score (nSPS) is 17.8. The van der Waals surface area contributed by atoms with Crippen LogP contribution in [0, 0.1) is 17.2 Å². The quantitative estimate of drug-likeness (QED) is 0.805. The number of nitrogens with two attached hydrogens (primary N) is 1. The molecule has 1 fully saturated rings. The molecule has 0 bridgehead atoms. The minimum atomic E-state index is -3.17. The molecule has 1 unspecified atom stereocenters. The lowest BCUT2D eigenvalue weighted by Gasteiger charge is -2.26. The van der Waals surface area contributed by atoms with E-state index in [9.17, 15) is 18.1 Å². The van der Waals surface area contributed by atoms with Gasteiger partial charge in [0.05, 0.1) is 29.2 Å². The molecule has 1 aliphatic heterocycles. The van der Waals surface area contributed by atoms with Gasteiger partial charge in [-0.05, 0) is 37.2 Å². The monoisotopic (exact) mass is 424 g/mol. The molecular formula is C19H29FN6O2S. The van der Waals surface area contributed by atoms with Gasteiger partial charge in [-0.2, -0.15) is 9.57 Å². The van der Waals surface area contributed by atoms with Crippen LogP contribution in [-0.2, 0) is 22.9 Å². The highest BCUT2D eigenvalue weighted by Gasteiger charge is 2.25. The summed E-state index contributed by atoms with van der Waals surface area (Å²) in [7, 11) is -3.17. The Morgan fingerprint density at radius 1 is 1.45 bits per heavy atom. The molecule has 0 aliphatic carbocycles. The highest BCUT2D eigenvalue weighted by molar-refractivity contribution is 7.88. The summed E-state index contributed by atoms with van der Waals surface area (Å²) >= 11 is 0.